The minimum atomic E-state index is -3.61. The second-order valence-electron chi connectivity index (χ2n) is 2.79. The van der Waals surface area contributed by atoms with Crippen molar-refractivity contribution in [3.63, 3.8) is 0 Å². The number of sulfonamides is 1. The summed E-state index contributed by atoms with van der Waals surface area (Å²) in [6, 6.07) is 3.90. The molecule has 0 aromatic heterocycles. The van der Waals surface area contributed by atoms with Crippen LogP contribution in [-0.4, -0.2) is 21.3 Å². The molecule has 0 radical (unpaired) electrons. The van der Waals surface area contributed by atoms with Gasteiger partial charge in [0.05, 0.1) is 5.56 Å². The zero-order valence-corrected chi connectivity index (χ0v) is 8.10. The maximum absolute atomic E-state index is 13.3. The molecule has 0 unspecified atom stereocenters. The van der Waals surface area contributed by atoms with Gasteiger partial charge in [0.2, 0.25) is 0 Å². The Labute approximate surface area is 80.5 Å². The third-order valence-electron chi connectivity index (χ3n) is 1.96. The zero-order chi connectivity index (χ0) is 10.3. The van der Waals surface area contributed by atoms with E-state index in [2.05, 4.69) is 9.71 Å². The maximum Gasteiger partial charge on any atom is 0.263 e. The molecule has 1 aliphatic heterocycles. The van der Waals surface area contributed by atoms with Gasteiger partial charge < -0.3 is 0 Å². The van der Waals surface area contributed by atoms with Crippen molar-refractivity contribution in [3.05, 3.63) is 29.6 Å². The minimum Gasteiger partial charge on any atom is -0.271 e. The number of rotatable bonds is 0. The molecule has 0 amide bonds. The van der Waals surface area contributed by atoms with Crippen LogP contribution in [0, 0.1) is 5.82 Å². The van der Waals surface area contributed by atoms with E-state index in [0.717, 1.165) is 0 Å². The Kier molecular flexibility index (Phi) is 1.81. The van der Waals surface area contributed by atoms with Crippen molar-refractivity contribution in [2.75, 3.05) is 7.05 Å². The van der Waals surface area contributed by atoms with E-state index < -0.39 is 15.8 Å². The lowest BCUT2D eigenvalue weighted by Gasteiger charge is -1.96. The van der Waals surface area contributed by atoms with Crippen molar-refractivity contribution in [3.8, 4) is 0 Å². The first-order valence-electron chi connectivity index (χ1n) is 3.85. The van der Waals surface area contributed by atoms with Gasteiger partial charge in [-0.05, 0) is 12.1 Å². The fourth-order valence-corrected chi connectivity index (χ4v) is 2.63. The monoisotopic (exact) mass is 214 g/mol. The predicted molar refractivity (Wildman–Crippen MR) is 49.2 cm³/mol. The molecule has 1 aromatic carbocycles. The summed E-state index contributed by atoms with van der Waals surface area (Å²) in [5.74, 6) is -0.533. The van der Waals surface area contributed by atoms with Crippen LogP contribution in [0.5, 0.6) is 0 Å². The van der Waals surface area contributed by atoms with E-state index in [1.54, 1.807) is 0 Å². The van der Waals surface area contributed by atoms with Crippen LogP contribution in [-0.2, 0) is 10.0 Å². The highest BCUT2D eigenvalue weighted by atomic mass is 32.2. The fourth-order valence-electron chi connectivity index (χ4n) is 1.35. The summed E-state index contributed by atoms with van der Waals surface area (Å²) in [4.78, 5) is 3.61. The van der Waals surface area contributed by atoms with Crippen LogP contribution >= 0.6 is 0 Å². The molecule has 0 aliphatic carbocycles. The first kappa shape index (κ1) is 9.14. The molecule has 0 atom stereocenters. The second kappa shape index (κ2) is 2.78. The number of fused-ring (bicyclic) bond motifs is 1. The van der Waals surface area contributed by atoms with Crippen LogP contribution in [0.25, 0.3) is 0 Å². The Bertz CT molecular complexity index is 522. The van der Waals surface area contributed by atoms with E-state index in [9.17, 15) is 12.8 Å². The van der Waals surface area contributed by atoms with Crippen LogP contribution in [0.2, 0.25) is 0 Å². The molecular formula is C8H7FN2O2S. The minimum absolute atomic E-state index is 0.0231. The Morgan fingerprint density at radius 2 is 2.14 bits per heavy atom. The number of hydrogen-bond acceptors (Lipinski definition) is 3. The number of halogens is 1. The first-order chi connectivity index (χ1) is 6.56. The molecule has 0 saturated carbocycles. The van der Waals surface area contributed by atoms with Crippen LogP contribution < -0.4 is 4.72 Å². The van der Waals surface area contributed by atoms with E-state index in [-0.39, 0.29) is 16.3 Å². The molecule has 1 aliphatic rings. The smallest absolute Gasteiger partial charge is 0.263 e. The number of amidine groups is 1. The van der Waals surface area contributed by atoms with Crippen molar-refractivity contribution < 1.29 is 12.8 Å². The molecule has 1 N–H and O–H groups in total. The predicted octanol–water partition coefficient (Wildman–Crippen LogP) is 0.494. The Hall–Kier alpha value is -1.43. The van der Waals surface area contributed by atoms with Crippen molar-refractivity contribution >= 4 is 15.9 Å². The zero-order valence-electron chi connectivity index (χ0n) is 7.28. The highest BCUT2D eigenvalue weighted by molar-refractivity contribution is 7.90. The number of nitrogens with zero attached hydrogens (tertiary/aromatic N) is 1. The Balaban J connectivity index is 2.85. The van der Waals surface area contributed by atoms with Crippen LogP contribution in [0.4, 0.5) is 4.39 Å². The van der Waals surface area contributed by atoms with Crippen LogP contribution in [0.3, 0.4) is 0 Å². The summed E-state index contributed by atoms with van der Waals surface area (Å²) in [6.07, 6.45) is 0. The normalized spacial score (nSPS) is 20.6. The molecular weight excluding hydrogens is 207 g/mol. The van der Waals surface area contributed by atoms with Crippen molar-refractivity contribution in [2.24, 2.45) is 4.99 Å². The summed E-state index contributed by atoms with van der Waals surface area (Å²) >= 11 is 0. The van der Waals surface area contributed by atoms with Gasteiger partial charge in [-0.1, -0.05) is 6.07 Å². The van der Waals surface area contributed by atoms with E-state index in [1.165, 1.54) is 25.2 Å². The van der Waals surface area contributed by atoms with E-state index >= 15 is 0 Å². The summed E-state index contributed by atoms with van der Waals surface area (Å²) in [5, 5.41) is 0. The molecule has 6 heteroatoms. The lowest BCUT2D eigenvalue weighted by atomic mass is 10.2. The van der Waals surface area contributed by atoms with Gasteiger partial charge in [0.15, 0.2) is 0 Å². The number of nitrogens with one attached hydrogen (secondary N) is 1. The summed E-state index contributed by atoms with van der Waals surface area (Å²) in [6.45, 7) is 0. The summed E-state index contributed by atoms with van der Waals surface area (Å²) < 4.78 is 38.3. The summed E-state index contributed by atoms with van der Waals surface area (Å²) in [7, 11) is -2.21. The third kappa shape index (κ3) is 1.11. The maximum atomic E-state index is 13.3. The largest absolute Gasteiger partial charge is 0.271 e. The van der Waals surface area contributed by atoms with Gasteiger partial charge in [0, 0.05) is 7.05 Å². The van der Waals surface area contributed by atoms with Crippen molar-refractivity contribution in [1.82, 2.24) is 4.72 Å². The molecule has 0 fully saturated rings. The van der Waals surface area contributed by atoms with Crippen molar-refractivity contribution in [2.45, 2.75) is 4.90 Å². The van der Waals surface area contributed by atoms with E-state index in [1.807, 2.05) is 0 Å². The summed E-state index contributed by atoms with van der Waals surface area (Å²) in [5.41, 5.74) is 0.0231. The number of hydrogen-bond donors (Lipinski definition) is 1. The van der Waals surface area contributed by atoms with E-state index in [0.29, 0.717) is 0 Å². The fraction of sp³-hybridized carbons (Fsp3) is 0.125. The topological polar surface area (TPSA) is 58.5 Å². The van der Waals surface area contributed by atoms with Gasteiger partial charge in [-0.2, -0.15) is 0 Å². The Morgan fingerprint density at radius 3 is 2.79 bits per heavy atom. The molecule has 2 rings (SSSR count). The molecule has 0 bridgehead atoms. The van der Waals surface area contributed by atoms with Gasteiger partial charge in [-0.3, -0.25) is 9.71 Å². The van der Waals surface area contributed by atoms with Gasteiger partial charge in [0.25, 0.3) is 10.0 Å². The third-order valence-corrected chi connectivity index (χ3v) is 3.34. The molecule has 14 heavy (non-hydrogen) atoms. The van der Waals surface area contributed by atoms with E-state index in [4.69, 9.17) is 0 Å². The molecule has 0 spiro atoms. The molecule has 0 saturated heterocycles. The van der Waals surface area contributed by atoms with Crippen LogP contribution in [0.1, 0.15) is 5.56 Å². The van der Waals surface area contributed by atoms with Gasteiger partial charge in [-0.25, -0.2) is 12.8 Å². The standard InChI is InChI=1S/C8H7FN2O2S/c1-10-8-7-5(9)3-2-4-6(7)14(12,13)11-8/h2-4H,1H3,(H,10,11). The molecule has 4 nitrogen and oxygen atoms in total. The molecule has 1 aromatic rings. The average molecular weight is 214 g/mol. The molecule has 74 valence electrons. The highest BCUT2D eigenvalue weighted by Gasteiger charge is 2.32. The quantitative estimate of drug-likeness (QED) is 0.683. The number of aliphatic imine (C=N–C) groups is 1. The van der Waals surface area contributed by atoms with Gasteiger partial charge >= 0.3 is 0 Å². The molecule has 1 heterocycles. The lowest BCUT2D eigenvalue weighted by Crippen LogP contribution is -2.22. The Morgan fingerprint density at radius 1 is 1.43 bits per heavy atom. The first-order valence-corrected chi connectivity index (χ1v) is 5.33. The lowest BCUT2D eigenvalue weighted by molar-refractivity contribution is 0.592. The number of benzene rings is 1. The van der Waals surface area contributed by atoms with Gasteiger partial charge in [0.1, 0.15) is 16.5 Å². The SMILES string of the molecule is CN=C1NS(=O)(=O)c2cccc(F)c21. The van der Waals surface area contributed by atoms with Gasteiger partial charge in [-0.15, -0.1) is 0 Å². The van der Waals surface area contributed by atoms with Crippen LogP contribution in [0.15, 0.2) is 28.1 Å². The van der Waals surface area contributed by atoms with Crippen molar-refractivity contribution in [1.29, 1.82) is 0 Å². The second-order valence-corrected chi connectivity index (χ2v) is 4.44. The average Bonchev–Trinajstić information content (AvgIpc) is 2.40. The highest BCUT2D eigenvalue weighted by Crippen LogP contribution is 2.24.